The van der Waals surface area contributed by atoms with Gasteiger partial charge in [-0.25, -0.2) is 0 Å². The molecule has 1 saturated carbocycles. The molecule has 21 heavy (non-hydrogen) atoms. The van der Waals surface area contributed by atoms with Crippen molar-refractivity contribution in [1.29, 1.82) is 0 Å². The minimum atomic E-state index is -0.845. The maximum atomic E-state index is 10.5. The van der Waals surface area contributed by atoms with E-state index in [0.717, 1.165) is 36.8 Å². The van der Waals surface area contributed by atoms with Gasteiger partial charge in [-0.1, -0.05) is 36.8 Å². The van der Waals surface area contributed by atoms with Gasteiger partial charge in [-0.3, -0.25) is 0 Å². The van der Waals surface area contributed by atoms with Crippen molar-refractivity contribution < 1.29 is 10.2 Å². The Morgan fingerprint density at radius 1 is 1.19 bits per heavy atom. The van der Waals surface area contributed by atoms with Crippen molar-refractivity contribution in [1.82, 2.24) is 0 Å². The average molecular weight is 287 g/mol. The fourth-order valence-corrected chi connectivity index (χ4v) is 2.78. The summed E-state index contributed by atoms with van der Waals surface area (Å²) >= 11 is 0. The second-order valence-corrected chi connectivity index (χ2v) is 5.91. The molecule has 1 aromatic carbocycles. The van der Waals surface area contributed by atoms with Gasteiger partial charge >= 0.3 is 0 Å². The van der Waals surface area contributed by atoms with Gasteiger partial charge in [0, 0.05) is 5.56 Å². The minimum Gasteiger partial charge on any atom is -0.388 e. The zero-order valence-electron chi connectivity index (χ0n) is 12.5. The van der Waals surface area contributed by atoms with Crippen molar-refractivity contribution in [2.45, 2.75) is 56.7 Å². The topological polar surface area (TPSA) is 66.5 Å². The summed E-state index contributed by atoms with van der Waals surface area (Å²) in [5.74, 6) is 6.13. The normalized spacial score (nSPS) is 19.2. The Bertz CT molecular complexity index is 507. The van der Waals surface area contributed by atoms with Gasteiger partial charge in [-0.05, 0) is 56.3 Å². The Hall–Kier alpha value is -1.34. The molecule has 1 aliphatic carbocycles. The highest BCUT2D eigenvalue weighted by molar-refractivity contribution is 5.39. The third-order valence-corrected chi connectivity index (χ3v) is 4.08. The second-order valence-electron chi connectivity index (χ2n) is 5.91. The SMILES string of the molecule is NCCC(O)c1cccc(C#CC2(O)CCCCCC2)c1. The molecule has 114 valence electrons. The van der Waals surface area contributed by atoms with E-state index in [-0.39, 0.29) is 0 Å². The Labute approximate surface area is 127 Å². The van der Waals surface area contributed by atoms with E-state index in [0.29, 0.717) is 13.0 Å². The highest BCUT2D eigenvalue weighted by Gasteiger charge is 2.25. The minimum absolute atomic E-state index is 0.455. The Balaban J connectivity index is 2.12. The molecule has 0 aliphatic heterocycles. The summed E-state index contributed by atoms with van der Waals surface area (Å²) in [5.41, 5.74) is 6.30. The van der Waals surface area contributed by atoms with Gasteiger partial charge in [0.1, 0.15) is 5.60 Å². The van der Waals surface area contributed by atoms with Gasteiger partial charge in [0.25, 0.3) is 0 Å². The summed E-state index contributed by atoms with van der Waals surface area (Å²) in [6, 6.07) is 7.56. The molecule has 1 aliphatic rings. The van der Waals surface area contributed by atoms with E-state index in [9.17, 15) is 10.2 Å². The number of nitrogens with two attached hydrogens (primary N) is 1. The maximum Gasteiger partial charge on any atom is 0.125 e. The van der Waals surface area contributed by atoms with Gasteiger partial charge in [0.2, 0.25) is 0 Å². The standard InChI is InChI=1S/C18H25NO2/c19-13-9-17(20)16-7-5-6-15(14-16)8-12-18(21)10-3-1-2-4-11-18/h5-7,14,17,20-21H,1-4,9-11,13,19H2. The molecule has 0 amide bonds. The highest BCUT2D eigenvalue weighted by atomic mass is 16.3. The highest BCUT2D eigenvalue weighted by Crippen LogP contribution is 2.26. The molecule has 3 nitrogen and oxygen atoms in total. The van der Waals surface area contributed by atoms with Crippen molar-refractivity contribution in [2.75, 3.05) is 6.54 Å². The fourth-order valence-electron chi connectivity index (χ4n) is 2.78. The molecule has 4 N–H and O–H groups in total. The first-order valence-electron chi connectivity index (χ1n) is 7.87. The maximum absolute atomic E-state index is 10.5. The van der Waals surface area contributed by atoms with Crippen LogP contribution >= 0.6 is 0 Å². The van der Waals surface area contributed by atoms with Crippen LogP contribution < -0.4 is 5.73 Å². The summed E-state index contributed by atoms with van der Waals surface area (Å²) in [6.45, 7) is 0.455. The van der Waals surface area contributed by atoms with E-state index in [1.54, 1.807) is 0 Å². The predicted octanol–water partition coefficient (Wildman–Crippen LogP) is 2.51. The monoisotopic (exact) mass is 287 g/mol. The summed E-state index contributed by atoms with van der Waals surface area (Å²) in [4.78, 5) is 0. The molecule has 2 rings (SSSR count). The Morgan fingerprint density at radius 3 is 2.57 bits per heavy atom. The third kappa shape index (κ3) is 4.86. The van der Waals surface area contributed by atoms with Crippen LogP contribution in [0.3, 0.4) is 0 Å². The molecular weight excluding hydrogens is 262 g/mol. The molecule has 0 saturated heterocycles. The molecule has 1 fully saturated rings. The van der Waals surface area contributed by atoms with Crippen LogP contribution in [0.25, 0.3) is 0 Å². The molecule has 0 bridgehead atoms. The molecule has 0 aromatic heterocycles. The zero-order valence-corrected chi connectivity index (χ0v) is 12.5. The van der Waals surface area contributed by atoms with Crippen LogP contribution in [0.4, 0.5) is 0 Å². The Kier molecular flexibility index (Phi) is 5.81. The lowest BCUT2D eigenvalue weighted by molar-refractivity contribution is 0.0849. The van der Waals surface area contributed by atoms with Crippen LogP contribution in [0.1, 0.15) is 62.2 Å². The van der Waals surface area contributed by atoms with E-state index in [2.05, 4.69) is 11.8 Å². The number of rotatable bonds is 3. The van der Waals surface area contributed by atoms with Crippen molar-refractivity contribution in [3.8, 4) is 11.8 Å². The first-order chi connectivity index (χ1) is 10.1. The first-order valence-corrected chi connectivity index (χ1v) is 7.87. The lowest BCUT2D eigenvalue weighted by atomic mass is 9.94. The molecular formula is C18H25NO2. The predicted molar refractivity (Wildman–Crippen MR) is 84.6 cm³/mol. The van der Waals surface area contributed by atoms with Crippen molar-refractivity contribution in [3.63, 3.8) is 0 Å². The van der Waals surface area contributed by atoms with Gasteiger partial charge in [0.15, 0.2) is 0 Å². The summed E-state index contributed by atoms with van der Waals surface area (Å²) in [5, 5.41) is 20.5. The quantitative estimate of drug-likeness (QED) is 0.591. The van der Waals surface area contributed by atoms with Crippen LogP contribution in [-0.4, -0.2) is 22.4 Å². The van der Waals surface area contributed by atoms with E-state index >= 15 is 0 Å². The Morgan fingerprint density at radius 2 is 1.90 bits per heavy atom. The largest absolute Gasteiger partial charge is 0.388 e. The molecule has 0 spiro atoms. The zero-order chi connectivity index (χ0) is 15.1. The number of benzene rings is 1. The lowest BCUT2D eigenvalue weighted by Crippen LogP contribution is -2.25. The van der Waals surface area contributed by atoms with Gasteiger partial charge < -0.3 is 15.9 Å². The number of aliphatic hydroxyl groups is 2. The average Bonchev–Trinajstić information content (AvgIpc) is 2.71. The molecule has 1 aromatic rings. The van der Waals surface area contributed by atoms with Gasteiger partial charge in [0.05, 0.1) is 6.10 Å². The third-order valence-electron chi connectivity index (χ3n) is 4.08. The van der Waals surface area contributed by atoms with Crippen LogP contribution in [0.2, 0.25) is 0 Å². The van der Waals surface area contributed by atoms with E-state index in [1.165, 1.54) is 12.8 Å². The molecule has 1 unspecified atom stereocenters. The van der Waals surface area contributed by atoms with Crippen molar-refractivity contribution in [2.24, 2.45) is 5.73 Å². The first kappa shape index (κ1) is 16.0. The van der Waals surface area contributed by atoms with Crippen molar-refractivity contribution in [3.05, 3.63) is 35.4 Å². The van der Waals surface area contributed by atoms with Crippen LogP contribution in [0, 0.1) is 11.8 Å². The van der Waals surface area contributed by atoms with Crippen LogP contribution in [-0.2, 0) is 0 Å². The van der Waals surface area contributed by atoms with E-state index < -0.39 is 11.7 Å². The molecule has 0 radical (unpaired) electrons. The van der Waals surface area contributed by atoms with Gasteiger partial charge in [-0.15, -0.1) is 0 Å². The van der Waals surface area contributed by atoms with E-state index in [1.807, 2.05) is 24.3 Å². The summed E-state index contributed by atoms with van der Waals surface area (Å²) < 4.78 is 0. The smallest absolute Gasteiger partial charge is 0.125 e. The second kappa shape index (κ2) is 7.61. The summed E-state index contributed by atoms with van der Waals surface area (Å²) in [6.07, 6.45) is 5.97. The van der Waals surface area contributed by atoms with Crippen LogP contribution in [0.15, 0.2) is 24.3 Å². The fraction of sp³-hybridized carbons (Fsp3) is 0.556. The molecule has 3 heteroatoms. The number of hydrogen-bond acceptors (Lipinski definition) is 3. The van der Waals surface area contributed by atoms with E-state index in [4.69, 9.17) is 5.73 Å². The molecule has 0 heterocycles. The summed E-state index contributed by atoms with van der Waals surface area (Å²) in [7, 11) is 0. The van der Waals surface area contributed by atoms with Crippen molar-refractivity contribution >= 4 is 0 Å². The lowest BCUT2D eigenvalue weighted by Gasteiger charge is -2.19. The number of hydrogen-bond donors (Lipinski definition) is 3. The van der Waals surface area contributed by atoms with Crippen LogP contribution in [0.5, 0.6) is 0 Å². The molecule has 1 atom stereocenters. The van der Waals surface area contributed by atoms with Gasteiger partial charge in [-0.2, -0.15) is 0 Å². The number of aliphatic hydroxyl groups excluding tert-OH is 1.